The number of nitrogens with two attached hydrogens (primary N) is 1. The molecule has 1 aliphatic carbocycles. The Labute approximate surface area is 111 Å². The lowest BCUT2D eigenvalue weighted by atomic mass is 9.75. The van der Waals surface area contributed by atoms with Gasteiger partial charge in [0.1, 0.15) is 0 Å². The highest BCUT2D eigenvalue weighted by Gasteiger charge is 2.34. The average Bonchev–Trinajstić information content (AvgIpc) is 2.36. The van der Waals surface area contributed by atoms with Gasteiger partial charge in [-0.05, 0) is 37.0 Å². The van der Waals surface area contributed by atoms with Crippen molar-refractivity contribution in [3.8, 4) is 0 Å². The van der Waals surface area contributed by atoms with Crippen molar-refractivity contribution in [2.45, 2.75) is 58.4 Å². The summed E-state index contributed by atoms with van der Waals surface area (Å²) in [6, 6.07) is -0.287. The predicted octanol–water partition coefficient (Wildman–Crippen LogP) is 2.40. The molecule has 1 heterocycles. The second-order valence-corrected chi connectivity index (χ2v) is 6.61. The van der Waals surface area contributed by atoms with E-state index in [2.05, 4.69) is 13.8 Å². The normalized spacial score (nSPS) is 30.1. The van der Waals surface area contributed by atoms with Crippen LogP contribution >= 0.6 is 0 Å². The Morgan fingerprint density at radius 2 is 1.89 bits per heavy atom. The number of hydrogen-bond donors (Lipinski definition) is 1. The Morgan fingerprint density at radius 3 is 2.56 bits per heavy atom. The zero-order chi connectivity index (χ0) is 13.1. The van der Waals surface area contributed by atoms with E-state index in [4.69, 9.17) is 5.73 Å². The van der Waals surface area contributed by atoms with Crippen LogP contribution in [-0.4, -0.2) is 29.9 Å². The van der Waals surface area contributed by atoms with Gasteiger partial charge in [-0.1, -0.05) is 33.1 Å². The Bertz CT molecular complexity index is 290. The van der Waals surface area contributed by atoms with E-state index in [0.29, 0.717) is 5.92 Å². The number of likely N-dealkylation sites (tertiary alicyclic amines) is 1. The fraction of sp³-hybridized carbons (Fsp3) is 0.933. The van der Waals surface area contributed by atoms with Crippen LogP contribution in [0.5, 0.6) is 0 Å². The molecule has 2 rings (SSSR count). The van der Waals surface area contributed by atoms with Gasteiger partial charge in [-0.15, -0.1) is 0 Å². The van der Waals surface area contributed by atoms with Crippen molar-refractivity contribution in [3.05, 3.63) is 0 Å². The summed E-state index contributed by atoms with van der Waals surface area (Å²) in [5.41, 5.74) is 6.03. The van der Waals surface area contributed by atoms with E-state index in [-0.39, 0.29) is 11.9 Å². The average molecular weight is 252 g/mol. The number of hydrogen-bond acceptors (Lipinski definition) is 2. The molecule has 2 N–H and O–H groups in total. The third kappa shape index (κ3) is 3.25. The van der Waals surface area contributed by atoms with Crippen LogP contribution in [0.1, 0.15) is 52.4 Å². The van der Waals surface area contributed by atoms with Crippen LogP contribution in [0, 0.1) is 17.8 Å². The molecule has 1 saturated carbocycles. The van der Waals surface area contributed by atoms with E-state index in [9.17, 15) is 4.79 Å². The molecule has 104 valence electrons. The summed E-state index contributed by atoms with van der Waals surface area (Å²) in [6.07, 6.45) is 7.44. The van der Waals surface area contributed by atoms with Gasteiger partial charge in [0.05, 0.1) is 6.04 Å². The molecule has 0 aromatic rings. The summed E-state index contributed by atoms with van der Waals surface area (Å²) >= 11 is 0. The molecule has 1 saturated heterocycles. The van der Waals surface area contributed by atoms with Crippen molar-refractivity contribution >= 4 is 5.91 Å². The van der Waals surface area contributed by atoms with Crippen molar-refractivity contribution in [1.29, 1.82) is 0 Å². The summed E-state index contributed by atoms with van der Waals surface area (Å²) in [7, 11) is 0. The lowest BCUT2D eigenvalue weighted by Gasteiger charge is -2.42. The van der Waals surface area contributed by atoms with Gasteiger partial charge in [0.25, 0.3) is 0 Å². The Kier molecular flexibility index (Phi) is 4.66. The fourth-order valence-corrected chi connectivity index (χ4v) is 3.64. The molecule has 1 aliphatic heterocycles. The molecule has 3 unspecified atom stereocenters. The van der Waals surface area contributed by atoms with Crippen LogP contribution in [-0.2, 0) is 4.79 Å². The monoisotopic (exact) mass is 252 g/mol. The van der Waals surface area contributed by atoms with Crippen LogP contribution < -0.4 is 5.73 Å². The van der Waals surface area contributed by atoms with E-state index < -0.39 is 0 Å². The second kappa shape index (κ2) is 6.05. The van der Waals surface area contributed by atoms with E-state index in [1.807, 2.05) is 4.90 Å². The van der Waals surface area contributed by atoms with Gasteiger partial charge in [0.15, 0.2) is 0 Å². The minimum Gasteiger partial charge on any atom is -0.341 e. The highest BCUT2D eigenvalue weighted by Crippen LogP contribution is 2.36. The number of carbonyl (C=O) groups excluding carboxylic acids is 1. The summed E-state index contributed by atoms with van der Waals surface area (Å²) in [5.74, 6) is 2.32. The minimum absolute atomic E-state index is 0.188. The van der Waals surface area contributed by atoms with E-state index in [1.54, 1.807) is 0 Å². The first kappa shape index (κ1) is 13.9. The quantitative estimate of drug-likeness (QED) is 0.838. The third-order valence-electron chi connectivity index (χ3n) is 4.65. The van der Waals surface area contributed by atoms with Crippen LogP contribution in [0.25, 0.3) is 0 Å². The lowest BCUT2D eigenvalue weighted by molar-refractivity contribution is -0.136. The maximum Gasteiger partial charge on any atom is 0.239 e. The molecule has 0 radical (unpaired) electrons. The highest BCUT2D eigenvalue weighted by atomic mass is 16.2. The van der Waals surface area contributed by atoms with Gasteiger partial charge in [0.2, 0.25) is 5.91 Å². The minimum atomic E-state index is -0.287. The van der Waals surface area contributed by atoms with E-state index in [0.717, 1.165) is 31.3 Å². The molecule has 1 amide bonds. The molecule has 0 aromatic carbocycles. The Morgan fingerprint density at radius 1 is 1.22 bits per heavy atom. The standard InChI is InChI=1S/C15H28N2O/c1-11(2)9-14(16)15(18)17-8-7-12-5-3-4-6-13(12)10-17/h11-14H,3-10,16H2,1-2H3. The molecular weight excluding hydrogens is 224 g/mol. The molecule has 2 fully saturated rings. The SMILES string of the molecule is CC(C)CC(N)C(=O)N1CCC2CCCCC2C1. The van der Waals surface area contributed by atoms with Crippen LogP contribution in [0.15, 0.2) is 0 Å². The van der Waals surface area contributed by atoms with E-state index >= 15 is 0 Å². The van der Waals surface area contributed by atoms with Crippen molar-refractivity contribution in [2.75, 3.05) is 13.1 Å². The molecule has 3 heteroatoms. The Balaban J connectivity index is 1.88. The second-order valence-electron chi connectivity index (χ2n) is 6.61. The van der Waals surface area contributed by atoms with Crippen LogP contribution in [0.3, 0.4) is 0 Å². The number of piperidine rings is 1. The van der Waals surface area contributed by atoms with Gasteiger partial charge >= 0.3 is 0 Å². The number of fused-ring (bicyclic) bond motifs is 1. The number of rotatable bonds is 3. The van der Waals surface area contributed by atoms with Crippen molar-refractivity contribution in [3.63, 3.8) is 0 Å². The third-order valence-corrected chi connectivity index (χ3v) is 4.65. The largest absolute Gasteiger partial charge is 0.341 e. The fourth-order valence-electron chi connectivity index (χ4n) is 3.64. The topological polar surface area (TPSA) is 46.3 Å². The molecule has 0 spiro atoms. The number of nitrogens with zero attached hydrogens (tertiary/aromatic N) is 1. The molecule has 3 nitrogen and oxygen atoms in total. The van der Waals surface area contributed by atoms with Crippen molar-refractivity contribution in [1.82, 2.24) is 4.90 Å². The lowest BCUT2D eigenvalue weighted by Crippen LogP contribution is -2.50. The van der Waals surface area contributed by atoms with Gasteiger partial charge in [0, 0.05) is 13.1 Å². The van der Waals surface area contributed by atoms with Crippen LogP contribution in [0.2, 0.25) is 0 Å². The maximum absolute atomic E-state index is 12.3. The molecule has 3 atom stereocenters. The zero-order valence-electron chi connectivity index (χ0n) is 11.9. The highest BCUT2D eigenvalue weighted by molar-refractivity contribution is 5.81. The predicted molar refractivity (Wildman–Crippen MR) is 74.1 cm³/mol. The molecular formula is C15H28N2O. The molecule has 0 bridgehead atoms. The number of amides is 1. The molecule has 2 aliphatic rings. The molecule has 18 heavy (non-hydrogen) atoms. The smallest absolute Gasteiger partial charge is 0.239 e. The summed E-state index contributed by atoms with van der Waals surface area (Å²) in [4.78, 5) is 14.4. The van der Waals surface area contributed by atoms with Gasteiger partial charge in [-0.3, -0.25) is 4.79 Å². The first-order valence-corrected chi connectivity index (χ1v) is 7.62. The van der Waals surface area contributed by atoms with Gasteiger partial charge in [-0.25, -0.2) is 0 Å². The van der Waals surface area contributed by atoms with Gasteiger partial charge < -0.3 is 10.6 Å². The first-order chi connectivity index (χ1) is 8.58. The summed E-state index contributed by atoms with van der Waals surface area (Å²) in [5, 5.41) is 0. The number of carbonyl (C=O) groups is 1. The molecule has 0 aromatic heterocycles. The van der Waals surface area contributed by atoms with Crippen molar-refractivity contribution < 1.29 is 4.79 Å². The van der Waals surface area contributed by atoms with E-state index in [1.165, 1.54) is 32.1 Å². The van der Waals surface area contributed by atoms with Crippen LogP contribution in [0.4, 0.5) is 0 Å². The summed E-state index contributed by atoms with van der Waals surface area (Å²) in [6.45, 7) is 6.15. The van der Waals surface area contributed by atoms with Crippen molar-refractivity contribution in [2.24, 2.45) is 23.5 Å². The summed E-state index contributed by atoms with van der Waals surface area (Å²) < 4.78 is 0. The Hall–Kier alpha value is -0.570. The first-order valence-electron chi connectivity index (χ1n) is 7.62. The maximum atomic E-state index is 12.3. The van der Waals surface area contributed by atoms with Gasteiger partial charge in [-0.2, -0.15) is 0 Å². The zero-order valence-corrected chi connectivity index (χ0v) is 11.9.